The van der Waals surface area contributed by atoms with Gasteiger partial charge in [0.25, 0.3) is 5.91 Å². The van der Waals surface area contributed by atoms with Crippen LogP contribution in [0.1, 0.15) is 35.3 Å². The number of nitrogens with one attached hydrogen (secondary N) is 1. The number of aromatic nitrogens is 2. The average Bonchev–Trinajstić information content (AvgIpc) is 2.80. The van der Waals surface area contributed by atoms with Gasteiger partial charge in [0.1, 0.15) is 11.5 Å². The van der Waals surface area contributed by atoms with E-state index in [1.807, 2.05) is 30.3 Å². The van der Waals surface area contributed by atoms with E-state index in [0.717, 1.165) is 37.3 Å². The number of hydrogen-bond acceptors (Lipinski definition) is 5. The zero-order chi connectivity index (χ0) is 20.1. The number of anilines is 2. The van der Waals surface area contributed by atoms with Crippen LogP contribution in [-0.4, -0.2) is 29.0 Å². The van der Waals surface area contributed by atoms with Crippen LogP contribution in [0.3, 0.4) is 0 Å². The fraction of sp³-hybridized carbons (Fsp3) is 0.217. The summed E-state index contributed by atoms with van der Waals surface area (Å²) < 4.78 is 0. The van der Waals surface area contributed by atoms with Gasteiger partial charge < -0.3 is 10.2 Å². The van der Waals surface area contributed by atoms with Crippen molar-refractivity contribution in [2.45, 2.75) is 19.3 Å². The van der Waals surface area contributed by atoms with E-state index in [1.165, 1.54) is 6.42 Å². The van der Waals surface area contributed by atoms with Gasteiger partial charge in [-0.15, -0.1) is 0 Å². The topological polar surface area (TPSA) is 81.9 Å². The van der Waals surface area contributed by atoms with E-state index in [4.69, 9.17) is 10.2 Å². The molecule has 1 aliphatic rings. The van der Waals surface area contributed by atoms with Crippen LogP contribution < -0.4 is 10.2 Å². The Morgan fingerprint density at radius 1 is 0.966 bits per heavy atom. The van der Waals surface area contributed by atoms with Gasteiger partial charge in [-0.25, -0.2) is 9.97 Å². The lowest BCUT2D eigenvalue weighted by molar-refractivity contribution is 0.102. The number of benzene rings is 2. The van der Waals surface area contributed by atoms with Crippen molar-refractivity contribution >= 4 is 17.4 Å². The molecule has 0 unspecified atom stereocenters. The summed E-state index contributed by atoms with van der Waals surface area (Å²) in [6.45, 7) is 1.86. The average molecular weight is 383 g/mol. The molecule has 6 heteroatoms. The highest BCUT2D eigenvalue weighted by Gasteiger charge is 2.18. The Labute approximate surface area is 169 Å². The highest BCUT2D eigenvalue weighted by molar-refractivity contribution is 6.03. The largest absolute Gasteiger partial charge is 0.356 e. The highest BCUT2D eigenvalue weighted by Crippen LogP contribution is 2.23. The molecule has 1 fully saturated rings. The minimum atomic E-state index is -0.299. The van der Waals surface area contributed by atoms with E-state index < -0.39 is 0 Å². The number of rotatable bonds is 4. The lowest BCUT2D eigenvalue weighted by Crippen LogP contribution is -2.30. The molecule has 0 atom stereocenters. The summed E-state index contributed by atoms with van der Waals surface area (Å²) in [5, 5.41) is 11.8. The van der Waals surface area contributed by atoms with Gasteiger partial charge in [-0.2, -0.15) is 5.26 Å². The fourth-order valence-electron chi connectivity index (χ4n) is 3.38. The summed E-state index contributed by atoms with van der Waals surface area (Å²) in [7, 11) is 0. The second kappa shape index (κ2) is 8.53. The molecule has 1 aliphatic heterocycles. The second-order valence-electron chi connectivity index (χ2n) is 6.99. The van der Waals surface area contributed by atoms with Crippen LogP contribution in [0.2, 0.25) is 0 Å². The lowest BCUT2D eigenvalue weighted by atomic mass is 10.1. The predicted octanol–water partition coefficient (Wildman–Crippen LogP) is 4.26. The van der Waals surface area contributed by atoms with Crippen molar-refractivity contribution in [3.05, 3.63) is 71.9 Å². The van der Waals surface area contributed by atoms with E-state index in [-0.39, 0.29) is 5.91 Å². The zero-order valence-corrected chi connectivity index (χ0v) is 16.0. The summed E-state index contributed by atoms with van der Waals surface area (Å²) in [5.74, 6) is 1.02. The second-order valence-corrected chi connectivity index (χ2v) is 6.99. The number of carbonyl (C=O) groups excluding carboxylic acids is 1. The third-order valence-electron chi connectivity index (χ3n) is 4.93. The van der Waals surface area contributed by atoms with Crippen LogP contribution in [-0.2, 0) is 0 Å². The molecule has 4 rings (SSSR count). The summed E-state index contributed by atoms with van der Waals surface area (Å²) in [6.07, 6.45) is 3.47. The standard InChI is InChI=1S/C23H21N5O/c24-16-17-9-11-19(12-10-17)25-23(29)20-15-21(28-13-5-2-6-14-28)27-22(26-20)18-7-3-1-4-8-18/h1,3-4,7-12,15H,2,5-6,13-14H2,(H,25,29). The first-order chi connectivity index (χ1) is 14.2. The van der Waals surface area contributed by atoms with Crippen molar-refractivity contribution < 1.29 is 4.79 Å². The third kappa shape index (κ3) is 4.41. The Balaban J connectivity index is 1.67. The van der Waals surface area contributed by atoms with E-state index in [0.29, 0.717) is 22.8 Å². The van der Waals surface area contributed by atoms with Gasteiger partial charge in [0.05, 0.1) is 11.6 Å². The van der Waals surface area contributed by atoms with Crippen molar-refractivity contribution in [3.63, 3.8) is 0 Å². The Bertz CT molecular complexity index is 1040. The number of amides is 1. The number of piperidine rings is 1. The van der Waals surface area contributed by atoms with Crippen molar-refractivity contribution in [1.82, 2.24) is 9.97 Å². The van der Waals surface area contributed by atoms with Crippen molar-refractivity contribution in [3.8, 4) is 17.5 Å². The molecule has 144 valence electrons. The molecule has 2 heterocycles. The molecule has 0 radical (unpaired) electrons. The van der Waals surface area contributed by atoms with Gasteiger partial charge in [0.2, 0.25) is 0 Å². The molecule has 2 aromatic carbocycles. The first-order valence-corrected chi connectivity index (χ1v) is 9.74. The van der Waals surface area contributed by atoms with E-state index in [1.54, 1.807) is 30.3 Å². The zero-order valence-electron chi connectivity index (χ0n) is 16.0. The lowest BCUT2D eigenvalue weighted by Gasteiger charge is -2.28. The summed E-state index contributed by atoms with van der Waals surface area (Å²) >= 11 is 0. The number of carbonyl (C=O) groups is 1. The maximum absolute atomic E-state index is 12.9. The maximum atomic E-state index is 12.9. The van der Waals surface area contributed by atoms with Crippen LogP contribution in [0.25, 0.3) is 11.4 Å². The van der Waals surface area contributed by atoms with Crippen molar-refractivity contribution in [2.75, 3.05) is 23.3 Å². The molecule has 1 N–H and O–H groups in total. The molecule has 3 aromatic rings. The molecule has 0 saturated carbocycles. The maximum Gasteiger partial charge on any atom is 0.274 e. The SMILES string of the molecule is N#Cc1ccc(NC(=O)c2cc(N3CCCCC3)nc(-c3ccccc3)n2)cc1. The van der Waals surface area contributed by atoms with Gasteiger partial charge in [0.15, 0.2) is 5.82 Å². The fourth-order valence-corrected chi connectivity index (χ4v) is 3.38. The molecule has 0 aliphatic carbocycles. The molecule has 6 nitrogen and oxygen atoms in total. The van der Waals surface area contributed by atoms with E-state index in [9.17, 15) is 4.79 Å². The van der Waals surface area contributed by atoms with Gasteiger partial charge in [-0.1, -0.05) is 30.3 Å². The Morgan fingerprint density at radius 2 is 1.69 bits per heavy atom. The summed E-state index contributed by atoms with van der Waals surface area (Å²) in [4.78, 5) is 24.4. The number of nitrogens with zero attached hydrogens (tertiary/aromatic N) is 4. The highest BCUT2D eigenvalue weighted by atomic mass is 16.1. The molecule has 0 spiro atoms. The molecule has 1 aromatic heterocycles. The van der Waals surface area contributed by atoms with Crippen LogP contribution >= 0.6 is 0 Å². The Kier molecular flexibility index (Phi) is 5.48. The molecule has 0 bridgehead atoms. The first-order valence-electron chi connectivity index (χ1n) is 9.74. The summed E-state index contributed by atoms with van der Waals surface area (Å²) in [5.41, 5.74) is 2.36. The molecule has 29 heavy (non-hydrogen) atoms. The molecular weight excluding hydrogens is 362 g/mol. The predicted molar refractivity (Wildman–Crippen MR) is 113 cm³/mol. The Morgan fingerprint density at radius 3 is 2.38 bits per heavy atom. The monoisotopic (exact) mass is 383 g/mol. The van der Waals surface area contributed by atoms with E-state index >= 15 is 0 Å². The van der Waals surface area contributed by atoms with Gasteiger partial charge in [0, 0.05) is 30.4 Å². The van der Waals surface area contributed by atoms with Gasteiger partial charge in [-0.05, 0) is 43.5 Å². The molecule has 1 saturated heterocycles. The van der Waals surface area contributed by atoms with E-state index in [2.05, 4.69) is 21.3 Å². The van der Waals surface area contributed by atoms with Gasteiger partial charge >= 0.3 is 0 Å². The first kappa shape index (κ1) is 18.6. The quantitative estimate of drug-likeness (QED) is 0.728. The normalized spacial score (nSPS) is 13.6. The minimum Gasteiger partial charge on any atom is -0.356 e. The minimum absolute atomic E-state index is 0.299. The molecular formula is C23H21N5O. The van der Waals surface area contributed by atoms with Gasteiger partial charge in [-0.3, -0.25) is 4.79 Å². The van der Waals surface area contributed by atoms with Crippen molar-refractivity contribution in [1.29, 1.82) is 5.26 Å². The van der Waals surface area contributed by atoms with Crippen LogP contribution in [0.15, 0.2) is 60.7 Å². The summed E-state index contributed by atoms with van der Waals surface area (Å²) in [6, 6.07) is 20.3. The van der Waals surface area contributed by atoms with Crippen LogP contribution in [0.4, 0.5) is 11.5 Å². The van der Waals surface area contributed by atoms with Crippen molar-refractivity contribution in [2.24, 2.45) is 0 Å². The van der Waals surface area contributed by atoms with Crippen LogP contribution in [0.5, 0.6) is 0 Å². The number of hydrogen-bond donors (Lipinski definition) is 1. The smallest absolute Gasteiger partial charge is 0.274 e. The number of nitriles is 1. The third-order valence-corrected chi connectivity index (χ3v) is 4.93. The van der Waals surface area contributed by atoms with Crippen LogP contribution in [0, 0.1) is 11.3 Å². The molecule has 1 amide bonds. The Hall–Kier alpha value is -3.72.